The van der Waals surface area contributed by atoms with Gasteiger partial charge in [0.2, 0.25) is 5.75 Å². The molecule has 0 fully saturated rings. The number of phenolic OH excluding ortho intramolecular Hbond substituents is 1. The minimum atomic E-state index is -0.593. The summed E-state index contributed by atoms with van der Waals surface area (Å²) in [4.78, 5) is 11.8. The van der Waals surface area contributed by atoms with E-state index < -0.39 is 5.97 Å². The Morgan fingerprint density at radius 1 is 1.30 bits per heavy atom. The van der Waals surface area contributed by atoms with Crippen LogP contribution in [0, 0.1) is 6.92 Å². The van der Waals surface area contributed by atoms with E-state index in [1.165, 1.54) is 7.11 Å². The number of aryl methyl sites for hydroxylation is 1. The van der Waals surface area contributed by atoms with Crippen LogP contribution in [0.3, 0.4) is 0 Å². The van der Waals surface area contributed by atoms with E-state index >= 15 is 0 Å². The van der Waals surface area contributed by atoms with Crippen molar-refractivity contribution in [3.8, 4) is 17.2 Å². The molecule has 6 nitrogen and oxygen atoms in total. The van der Waals surface area contributed by atoms with Crippen LogP contribution < -0.4 is 9.47 Å². The van der Waals surface area contributed by atoms with Crippen molar-refractivity contribution in [2.24, 2.45) is 0 Å². The highest BCUT2D eigenvalue weighted by Gasteiger charge is 2.23. The van der Waals surface area contributed by atoms with Crippen molar-refractivity contribution >= 4 is 5.97 Å². The van der Waals surface area contributed by atoms with Gasteiger partial charge >= 0.3 is 5.97 Å². The highest BCUT2D eigenvalue weighted by Crippen LogP contribution is 2.41. The number of ether oxygens (including phenoxy) is 4. The second-order valence-electron chi connectivity index (χ2n) is 4.01. The summed E-state index contributed by atoms with van der Waals surface area (Å²) in [7, 11) is 2.95. The number of carbonyl (C=O) groups is 1. The molecule has 0 atom stereocenters. The van der Waals surface area contributed by atoms with E-state index in [0.29, 0.717) is 24.5 Å². The molecule has 0 radical (unpaired) electrons. The highest BCUT2D eigenvalue weighted by molar-refractivity contribution is 5.95. The first-order chi connectivity index (χ1) is 9.56. The number of phenols is 1. The first kappa shape index (κ1) is 16.1. The van der Waals surface area contributed by atoms with Crippen molar-refractivity contribution in [3.63, 3.8) is 0 Å². The number of rotatable bonds is 7. The Kier molecular flexibility index (Phi) is 6.11. The molecular weight excluding hydrogens is 264 g/mol. The molecule has 1 aromatic carbocycles. The molecule has 0 aliphatic carbocycles. The molecule has 20 heavy (non-hydrogen) atoms. The van der Waals surface area contributed by atoms with Gasteiger partial charge in [0.05, 0.1) is 20.3 Å². The maximum absolute atomic E-state index is 11.8. The number of methoxy groups -OCH3 is 2. The fourth-order valence-electron chi connectivity index (χ4n) is 1.75. The predicted octanol–water partition coefficient (Wildman–Crippen LogP) is 1.91. The molecule has 0 bridgehead atoms. The SMILES string of the molecule is CCOC(=O)c1c(C)cc(OCCOC)c(OC)c1O. The lowest BCUT2D eigenvalue weighted by Gasteiger charge is -2.16. The molecule has 0 aliphatic rings. The number of hydrogen-bond donors (Lipinski definition) is 1. The van der Waals surface area contributed by atoms with Gasteiger partial charge in [-0.2, -0.15) is 0 Å². The van der Waals surface area contributed by atoms with Gasteiger partial charge in [0.25, 0.3) is 0 Å². The third-order valence-corrected chi connectivity index (χ3v) is 2.65. The van der Waals surface area contributed by atoms with E-state index in [1.54, 1.807) is 27.0 Å². The van der Waals surface area contributed by atoms with Crippen molar-refractivity contribution in [1.82, 2.24) is 0 Å². The first-order valence-electron chi connectivity index (χ1n) is 6.26. The second-order valence-corrected chi connectivity index (χ2v) is 4.01. The van der Waals surface area contributed by atoms with Gasteiger partial charge in [-0.25, -0.2) is 4.79 Å². The maximum Gasteiger partial charge on any atom is 0.342 e. The summed E-state index contributed by atoms with van der Waals surface area (Å²) in [6.45, 7) is 4.33. The topological polar surface area (TPSA) is 74.2 Å². The van der Waals surface area contributed by atoms with Crippen LogP contribution in [0.1, 0.15) is 22.8 Å². The third-order valence-electron chi connectivity index (χ3n) is 2.65. The van der Waals surface area contributed by atoms with Crippen molar-refractivity contribution in [3.05, 3.63) is 17.2 Å². The largest absolute Gasteiger partial charge is 0.504 e. The molecule has 1 aromatic rings. The van der Waals surface area contributed by atoms with Crippen molar-refractivity contribution in [2.75, 3.05) is 34.0 Å². The summed E-state index contributed by atoms with van der Waals surface area (Å²) in [5.74, 6) is -0.412. The summed E-state index contributed by atoms with van der Waals surface area (Å²) in [6.07, 6.45) is 0. The van der Waals surface area contributed by atoms with Crippen LogP contribution in [0.15, 0.2) is 6.07 Å². The molecule has 0 aliphatic heterocycles. The predicted molar refractivity (Wildman–Crippen MR) is 72.7 cm³/mol. The van der Waals surface area contributed by atoms with Gasteiger partial charge in [-0.05, 0) is 25.5 Å². The van der Waals surface area contributed by atoms with Crippen LogP contribution in [0.5, 0.6) is 17.2 Å². The molecule has 0 amide bonds. The molecule has 0 spiro atoms. The molecule has 1 rings (SSSR count). The van der Waals surface area contributed by atoms with E-state index in [2.05, 4.69) is 0 Å². The smallest absolute Gasteiger partial charge is 0.342 e. The third kappa shape index (κ3) is 3.54. The summed E-state index contributed by atoms with van der Waals surface area (Å²) in [6, 6.07) is 1.63. The van der Waals surface area contributed by atoms with Gasteiger partial charge in [0.15, 0.2) is 11.5 Å². The van der Waals surface area contributed by atoms with Crippen LogP contribution in [0.2, 0.25) is 0 Å². The van der Waals surface area contributed by atoms with Crippen molar-refractivity contribution in [2.45, 2.75) is 13.8 Å². The Balaban J connectivity index is 3.15. The van der Waals surface area contributed by atoms with Gasteiger partial charge in [0, 0.05) is 7.11 Å². The molecule has 0 heterocycles. The molecule has 1 N–H and O–H groups in total. The number of benzene rings is 1. The minimum absolute atomic E-state index is 0.0859. The monoisotopic (exact) mass is 284 g/mol. The Morgan fingerprint density at radius 3 is 2.55 bits per heavy atom. The molecule has 0 unspecified atom stereocenters. The highest BCUT2D eigenvalue weighted by atomic mass is 16.5. The molecular formula is C14H20O6. The Labute approximate surface area is 118 Å². The average Bonchev–Trinajstić information content (AvgIpc) is 2.39. The fourth-order valence-corrected chi connectivity index (χ4v) is 1.75. The maximum atomic E-state index is 11.8. The van der Waals surface area contributed by atoms with Crippen LogP contribution in [0.25, 0.3) is 0 Å². The molecule has 0 aromatic heterocycles. The normalized spacial score (nSPS) is 10.2. The Hall–Kier alpha value is -1.95. The van der Waals surface area contributed by atoms with Gasteiger partial charge < -0.3 is 24.1 Å². The van der Waals surface area contributed by atoms with Gasteiger partial charge in [0.1, 0.15) is 12.2 Å². The zero-order valence-electron chi connectivity index (χ0n) is 12.2. The van der Waals surface area contributed by atoms with Crippen LogP contribution in [0.4, 0.5) is 0 Å². The molecule has 6 heteroatoms. The molecule has 112 valence electrons. The van der Waals surface area contributed by atoms with E-state index in [9.17, 15) is 9.90 Å². The lowest BCUT2D eigenvalue weighted by atomic mass is 10.1. The Morgan fingerprint density at radius 2 is 2.00 bits per heavy atom. The van der Waals surface area contributed by atoms with Crippen LogP contribution in [-0.2, 0) is 9.47 Å². The number of carbonyl (C=O) groups excluding carboxylic acids is 1. The average molecular weight is 284 g/mol. The fraction of sp³-hybridized carbons (Fsp3) is 0.500. The first-order valence-corrected chi connectivity index (χ1v) is 6.26. The van der Waals surface area contributed by atoms with Crippen molar-refractivity contribution < 1.29 is 28.8 Å². The van der Waals surface area contributed by atoms with Crippen LogP contribution >= 0.6 is 0 Å². The molecule has 0 saturated heterocycles. The number of aromatic hydroxyl groups is 1. The lowest BCUT2D eigenvalue weighted by Crippen LogP contribution is -2.10. The van der Waals surface area contributed by atoms with E-state index in [-0.39, 0.29) is 23.7 Å². The van der Waals surface area contributed by atoms with E-state index in [4.69, 9.17) is 18.9 Å². The van der Waals surface area contributed by atoms with Gasteiger partial charge in [-0.15, -0.1) is 0 Å². The van der Waals surface area contributed by atoms with Gasteiger partial charge in [-0.1, -0.05) is 0 Å². The molecule has 0 saturated carbocycles. The standard InChI is InChI=1S/C14H20O6/c1-5-19-14(16)11-9(2)8-10(20-7-6-17-3)13(18-4)12(11)15/h8,15H,5-7H2,1-4H3. The second kappa shape index (κ2) is 7.59. The zero-order chi connectivity index (χ0) is 15.1. The Bertz CT molecular complexity index is 469. The summed E-state index contributed by atoms with van der Waals surface area (Å²) in [5.41, 5.74) is 0.636. The summed E-state index contributed by atoms with van der Waals surface area (Å²) < 4.78 is 20.4. The van der Waals surface area contributed by atoms with Crippen LogP contribution in [-0.4, -0.2) is 45.1 Å². The van der Waals surface area contributed by atoms with Gasteiger partial charge in [-0.3, -0.25) is 0 Å². The minimum Gasteiger partial charge on any atom is -0.504 e. The van der Waals surface area contributed by atoms with E-state index in [1.807, 2.05) is 0 Å². The van der Waals surface area contributed by atoms with E-state index in [0.717, 1.165) is 0 Å². The zero-order valence-corrected chi connectivity index (χ0v) is 12.2. The lowest BCUT2D eigenvalue weighted by molar-refractivity contribution is 0.0521. The van der Waals surface area contributed by atoms with Crippen molar-refractivity contribution in [1.29, 1.82) is 0 Å². The number of esters is 1. The summed E-state index contributed by atoms with van der Waals surface area (Å²) >= 11 is 0. The number of hydrogen-bond acceptors (Lipinski definition) is 6. The summed E-state index contributed by atoms with van der Waals surface area (Å²) in [5, 5.41) is 10.2. The quantitative estimate of drug-likeness (QED) is 0.609.